The topological polar surface area (TPSA) is 36.9 Å². The second-order valence-electron chi connectivity index (χ2n) is 14.8. The van der Waals surface area contributed by atoms with Crippen molar-refractivity contribution >= 4 is 33.5 Å². The number of rotatable bonds is 5. The minimum Gasteiger partial charge on any atom is -0.400 e. The van der Waals surface area contributed by atoms with Crippen LogP contribution in [-0.4, -0.2) is 44.7 Å². The largest absolute Gasteiger partial charge is 0.495 e. The first kappa shape index (κ1) is 29.6. The van der Waals surface area contributed by atoms with E-state index in [1.54, 1.807) is 0 Å². The van der Waals surface area contributed by atoms with Crippen LogP contribution in [0.15, 0.2) is 71.6 Å². The summed E-state index contributed by atoms with van der Waals surface area (Å²) in [4.78, 5) is 0. The van der Waals surface area contributed by atoms with Gasteiger partial charge in [-0.05, 0) is 101 Å². The van der Waals surface area contributed by atoms with Gasteiger partial charge in [0.05, 0.1) is 30.5 Å². The fourth-order valence-corrected chi connectivity index (χ4v) is 8.02. The Morgan fingerprint density at radius 3 is 1.43 bits per heavy atom. The highest BCUT2D eigenvalue weighted by Gasteiger charge is 2.59. The zero-order chi connectivity index (χ0) is 29.3. The van der Waals surface area contributed by atoms with Crippen molar-refractivity contribution in [2.24, 2.45) is 0 Å². The lowest BCUT2D eigenvalue weighted by atomic mass is 9.58. The Hall–Kier alpha value is -1.89. The molecule has 4 nitrogen and oxygen atoms in total. The van der Waals surface area contributed by atoms with E-state index in [1.165, 1.54) is 16.6 Å². The molecule has 2 saturated heterocycles. The molecular formula is C33H46B2O4Si. The van der Waals surface area contributed by atoms with E-state index in [2.05, 4.69) is 136 Å². The van der Waals surface area contributed by atoms with Gasteiger partial charge in [0.25, 0.3) is 0 Å². The summed E-state index contributed by atoms with van der Waals surface area (Å²) in [7, 11) is -2.76. The second-order valence-corrected chi connectivity index (χ2v) is 20.2. The van der Waals surface area contributed by atoms with E-state index in [9.17, 15) is 0 Å². The van der Waals surface area contributed by atoms with Crippen molar-refractivity contribution < 1.29 is 18.6 Å². The standard InChI is InChI=1S/C33H46B2O4Si/c1-30(2)31(3,4)37-34(36-30)28-25(23-18-14-12-15-19-23)22-26(40(9,10)11)29(27(28)24-20-16-13-17-21-24)35-38-32(5,6)33(7,8)39-35/h12-21,26H,22H2,1-11H3/t26-/m0/s1. The van der Waals surface area contributed by atoms with Gasteiger partial charge in [-0.25, -0.2) is 0 Å². The molecular weight excluding hydrogens is 510 g/mol. The molecule has 0 spiro atoms. The first-order valence-electron chi connectivity index (χ1n) is 14.7. The Balaban J connectivity index is 1.86. The second kappa shape index (κ2) is 9.84. The lowest BCUT2D eigenvalue weighted by Gasteiger charge is -2.40. The molecule has 0 radical (unpaired) electrons. The Morgan fingerprint density at radius 1 is 0.600 bits per heavy atom. The van der Waals surface area contributed by atoms with Gasteiger partial charge in [0.15, 0.2) is 0 Å². The molecule has 3 aliphatic rings. The molecule has 0 saturated carbocycles. The number of benzene rings is 2. The Bertz CT molecular complexity index is 1290. The highest BCUT2D eigenvalue weighted by Crippen LogP contribution is 2.55. The lowest BCUT2D eigenvalue weighted by molar-refractivity contribution is 0.00578. The summed E-state index contributed by atoms with van der Waals surface area (Å²) in [6.45, 7) is 24.5. The van der Waals surface area contributed by atoms with Crippen LogP contribution in [0.3, 0.4) is 0 Å². The van der Waals surface area contributed by atoms with Crippen LogP contribution < -0.4 is 0 Å². The van der Waals surface area contributed by atoms with Gasteiger partial charge in [0, 0.05) is 0 Å². The molecule has 2 fully saturated rings. The van der Waals surface area contributed by atoms with E-state index in [0.29, 0.717) is 5.54 Å². The molecule has 1 atom stereocenters. The average Bonchev–Trinajstić information content (AvgIpc) is 3.22. The third-order valence-corrected chi connectivity index (χ3v) is 12.5. The maximum Gasteiger partial charge on any atom is 0.495 e. The predicted octanol–water partition coefficient (Wildman–Crippen LogP) is 8.27. The van der Waals surface area contributed by atoms with Gasteiger partial charge < -0.3 is 18.6 Å². The van der Waals surface area contributed by atoms with Crippen LogP contribution in [0.25, 0.3) is 11.1 Å². The number of hydrogen-bond donors (Lipinski definition) is 0. The van der Waals surface area contributed by atoms with Gasteiger partial charge in [-0.1, -0.05) is 80.3 Å². The van der Waals surface area contributed by atoms with E-state index in [0.717, 1.165) is 23.0 Å². The number of hydrogen-bond acceptors (Lipinski definition) is 4. The SMILES string of the molecule is CC1(C)OB(C2=C(c3ccccc3)C[C@H]([Si](C)(C)C)C(B3OC(C)(C)C(C)(C)O3)=C2c2ccccc2)OC1(C)C. The Labute approximate surface area is 243 Å². The molecule has 1 aliphatic carbocycles. The molecule has 2 aromatic carbocycles. The van der Waals surface area contributed by atoms with Crippen LogP contribution >= 0.6 is 0 Å². The molecule has 0 N–H and O–H groups in total. The van der Waals surface area contributed by atoms with Crippen molar-refractivity contribution in [2.75, 3.05) is 0 Å². The summed E-state index contributed by atoms with van der Waals surface area (Å²) >= 11 is 0. The van der Waals surface area contributed by atoms with Crippen LogP contribution in [0.4, 0.5) is 0 Å². The third kappa shape index (κ3) is 5.02. The molecule has 2 aromatic rings. The predicted molar refractivity (Wildman–Crippen MR) is 171 cm³/mol. The van der Waals surface area contributed by atoms with Gasteiger partial charge in [-0.2, -0.15) is 0 Å². The Morgan fingerprint density at radius 2 is 1.00 bits per heavy atom. The maximum atomic E-state index is 6.85. The van der Waals surface area contributed by atoms with Crippen LogP contribution in [0, 0.1) is 0 Å². The summed E-state index contributed by atoms with van der Waals surface area (Å²) in [5.74, 6) is 0. The highest BCUT2D eigenvalue weighted by molar-refractivity contribution is 6.81. The lowest BCUT2D eigenvalue weighted by Crippen LogP contribution is -2.41. The molecule has 2 aliphatic heterocycles. The van der Waals surface area contributed by atoms with Crippen molar-refractivity contribution in [3.63, 3.8) is 0 Å². The highest BCUT2D eigenvalue weighted by atomic mass is 28.3. The van der Waals surface area contributed by atoms with Crippen molar-refractivity contribution in [2.45, 2.75) is 109 Å². The van der Waals surface area contributed by atoms with Crippen molar-refractivity contribution in [3.8, 4) is 0 Å². The Kier molecular flexibility index (Phi) is 7.28. The molecule has 0 unspecified atom stereocenters. The summed E-state index contributed by atoms with van der Waals surface area (Å²) < 4.78 is 27.4. The summed E-state index contributed by atoms with van der Waals surface area (Å²) in [6, 6.07) is 21.5. The summed E-state index contributed by atoms with van der Waals surface area (Å²) in [5.41, 5.74) is 5.67. The first-order chi connectivity index (χ1) is 18.5. The van der Waals surface area contributed by atoms with E-state index >= 15 is 0 Å². The third-order valence-electron chi connectivity index (χ3n) is 9.89. The fraction of sp³-hybridized carbons (Fsp3) is 0.515. The molecule has 212 valence electrons. The first-order valence-corrected chi connectivity index (χ1v) is 18.3. The van der Waals surface area contributed by atoms with Crippen molar-refractivity contribution in [1.29, 1.82) is 0 Å². The fourth-order valence-electron chi connectivity index (χ4n) is 5.99. The van der Waals surface area contributed by atoms with Gasteiger partial charge in [-0.15, -0.1) is 0 Å². The normalized spacial score (nSPS) is 25.6. The summed E-state index contributed by atoms with van der Waals surface area (Å²) in [6.07, 6.45) is 0.898. The molecule has 5 rings (SSSR count). The zero-order valence-corrected chi connectivity index (χ0v) is 27.3. The van der Waals surface area contributed by atoms with Gasteiger partial charge in [-0.3, -0.25) is 0 Å². The van der Waals surface area contributed by atoms with Crippen molar-refractivity contribution in [1.82, 2.24) is 0 Å². The van der Waals surface area contributed by atoms with E-state index < -0.39 is 44.7 Å². The van der Waals surface area contributed by atoms with E-state index in [1.807, 2.05) is 0 Å². The van der Waals surface area contributed by atoms with E-state index in [4.69, 9.17) is 18.6 Å². The zero-order valence-electron chi connectivity index (χ0n) is 26.3. The summed E-state index contributed by atoms with van der Waals surface area (Å²) in [5, 5.41) is 0. The minimum absolute atomic E-state index is 0.304. The molecule has 7 heteroatoms. The maximum absolute atomic E-state index is 6.85. The van der Waals surface area contributed by atoms with E-state index in [-0.39, 0.29) is 0 Å². The van der Waals surface area contributed by atoms with Crippen LogP contribution in [0.2, 0.25) is 25.2 Å². The monoisotopic (exact) mass is 556 g/mol. The van der Waals surface area contributed by atoms with Crippen LogP contribution in [0.5, 0.6) is 0 Å². The van der Waals surface area contributed by atoms with Crippen LogP contribution in [0.1, 0.15) is 72.9 Å². The van der Waals surface area contributed by atoms with Gasteiger partial charge >= 0.3 is 14.2 Å². The molecule has 0 bridgehead atoms. The molecule has 40 heavy (non-hydrogen) atoms. The van der Waals surface area contributed by atoms with Crippen molar-refractivity contribution in [3.05, 3.63) is 82.7 Å². The molecule has 0 amide bonds. The minimum atomic E-state index is -1.79. The molecule has 2 heterocycles. The van der Waals surface area contributed by atoms with Crippen LogP contribution in [-0.2, 0) is 18.6 Å². The van der Waals surface area contributed by atoms with Gasteiger partial charge in [0.2, 0.25) is 0 Å². The van der Waals surface area contributed by atoms with Gasteiger partial charge in [0.1, 0.15) is 0 Å². The smallest absolute Gasteiger partial charge is 0.400 e. The quantitative estimate of drug-likeness (QED) is 0.348. The average molecular weight is 556 g/mol. The number of allylic oxidation sites excluding steroid dienone is 4. The molecule has 0 aromatic heterocycles.